The molecule has 0 aromatic heterocycles. The number of halogens is 1. The lowest BCUT2D eigenvalue weighted by Gasteiger charge is -2.19. The molecule has 26 heavy (non-hydrogen) atoms. The lowest BCUT2D eigenvalue weighted by molar-refractivity contribution is -0.117. The molecule has 0 aliphatic carbocycles. The molecule has 9 heteroatoms. The molecule has 2 aliphatic heterocycles. The van der Waals surface area contributed by atoms with Crippen molar-refractivity contribution in [2.24, 2.45) is 0 Å². The number of fused-ring (bicyclic) bond motifs is 1. The van der Waals surface area contributed by atoms with Crippen molar-refractivity contribution in [2.75, 3.05) is 36.5 Å². The summed E-state index contributed by atoms with van der Waals surface area (Å²) in [5.74, 6) is -0.692. The number of nitrogens with zero attached hydrogens (tertiary/aromatic N) is 2. The third-order valence-electron chi connectivity index (χ3n) is 4.33. The predicted molar refractivity (Wildman–Crippen MR) is 90.8 cm³/mol. The number of carbonyl (C=O) groups excluding carboxylic acids is 3. The first kappa shape index (κ1) is 18.0. The molecule has 0 bridgehead atoms. The molecule has 1 aromatic rings. The lowest BCUT2D eigenvalue weighted by atomic mass is 10.1. The molecule has 1 unspecified atom stereocenters. The van der Waals surface area contributed by atoms with Gasteiger partial charge in [0.05, 0.1) is 38.0 Å². The molecular weight excluding hydrogens is 345 g/mol. The highest BCUT2D eigenvalue weighted by Gasteiger charge is 2.36. The van der Waals surface area contributed by atoms with Crippen LogP contribution < -0.4 is 15.1 Å². The van der Waals surface area contributed by atoms with Crippen LogP contribution in [0.2, 0.25) is 0 Å². The summed E-state index contributed by atoms with van der Waals surface area (Å²) < 4.78 is 24.3. The van der Waals surface area contributed by atoms with Gasteiger partial charge in [-0.1, -0.05) is 6.92 Å². The van der Waals surface area contributed by atoms with E-state index in [-0.39, 0.29) is 31.1 Å². The van der Waals surface area contributed by atoms with Crippen molar-refractivity contribution in [1.82, 2.24) is 5.32 Å². The smallest absolute Gasteiger partial charge is 0.414 e. The maximum atomic E-state index is 14.6. The molecule has 1 N–H and O–H groups in total. The van der Waals surface area contributed by atoms with Crippen LogP contribution >= 0.6 is 0 Å². The Kier molecular flexibility index (Phi) is 4.97. The van der Waals surface area contributed by atoms with Crippen molar-refractivity contribution < 1.29 is 28.2 Å². The summed E-state index contributed by atoms with van der Waals surface area (Å²) in [5, 5.41) is 2.46. The number of hydrogen-bond acceptors (Lipinski definition) is 5. The van der Waals surface area contributed by atoms with Gasteiger partial charge in [-0.2, -0.15) is 0 Å². The van der Waals surface area contributed by atoms with Gasteiger partial charge in [-0.05, 0) is 24.1 Å². The van der Waals surface area contributed by atoms with Crippen LogP contribution in [-0.4, -0.2) is 50.9 Å². The van der Waals surface area contributed by atoms with E-state index >= 15 is 0 Å². The molecule has 0 radical (unpaired) electrons. The molecule has 1 atom stereocenters. The zero-order valence-corrected chi connectivity index (χ0v) is 14.6. The number of alkyl carbamates (subject to hydrolysis) is 1. The van der Waals surface area contributed by atoms with E-state index in [2.05, 4.69) is 10.1 Å². The van der Waals surface area contributed by atoms with Gasteiger partial charge in [0.15, 0.2) is 0 Å². The van der Waals surface area contributed by atoms with Gasteiger partial charge in [-0.25, -0.2) is 14.0 Å². The zero-order chi connectivity index (χ0) is 18.8. The molecule has 140 valence electrons. The largest absolute Gasteiger partial charge is 0.453 e. The van der Waals surface area contributed by atoms with Gasteiger partial charge >= 0.3 is 12.2 Å². The van der Waals surface area contributed by atoms with E-state index in [4.69, 9.17) is 4.74 Å². The van der Waals surface area contributed by atoms with Crippen molar-refractivity contribution in [1.29, 1.82) is 0 Å². The van der Waals surface area contributed by atoms with Crippen LogP contribution in [0, 0.1) is 5.82 Å². The monoisotopic (exact) mass is 365 g/mol. The first-order valence-electron chi connectivity index (χ1n) is 8.37. The number of cyclic esters (lactones) is 1. The SMILES string of the molecule is CCCN1C(=O)Cc2cc(N3CC(CNC(=O)OC)OC3=O)cc(F)c21. The number of methoxy groups -OCH3 is 1. The Morgan fingerprint density at radius 1 is 1.42 bits per heavy atom. The number of carbonyl (C=O) groups is 3. The molecule has 3 amide bonds. The first-order valence-corrected chi connectivity index (χ1v) is 8.37. The lowest BCUT2D eigenvalue weighted by Crippen LogP contribution is -2.34. The highest BCUT2D eigenvalue weighted by atomic mass is 19.1. The van der Waals surface area contributed by atoms with E-state index in [0.717, 1.165) is 6.42 Å². The molecule has 1 fully saturated rings. The maximum Gasteiger partial charge on any atom is 0.414 e. The second kappa shape index (κ2) is 7.19. The third kappa shape index (κ3) is 3.29. The van der Waals surface area contributed by atoms with Gasteiger partial charge in [0.2, 0.25) is 5.91 Å². The second-order valence-electron chi connectivity index (χ2n) is 6.15. The van der Waals surface area contributed by atoms with Crippen LogP contribution in [0.15, 0.2) is 12.1 Å². The summed E-state index contributed by atoms with van der Waals surface area (Å²) in [4.78, 5) is 38.1. The molecule has 2 heterocycles. The Hall–Kier alpha value is -2.84. The fourth-order valence-corrected chi connectivity index (χ4v) is 3.18. The Morgan fingerprint density at radius 3 is 2.88 bits per heavy atom. The van der Waals surface area contributed by atoms with Crippen LogP contribution in [0.4, 0.5) is 25.4 Å². The average Bonchev–Trinajstić information content (AvgIpc) is 3.13. The van der Waals surface area contributed by atoms with E-state index in [0.29, 0.717) is 17.8 Å². The van der Waals surface area contributed by atoms with E-state index in [1.54, 1.807) is 6.07 Å². The number of nitrogens with one attached hydrogen (secondary N) is 1. The Bertz CT molecular complexity index is 754. The number of ether oxygens (including phenoxy) is 2. The standard InChI is InChI=1S/C17H20FN3O5/c1-3-4-20-14(22)6-10-5-11(7-13(18)15(10)20)21-9-12(26-17(21)24)8-19-16(23)25-2/h5,7,12H,3-4,6,8-9H2,1-2H3,(H,19,23). The van der Waals surface area contributed by atoms with Gasteiger partial charge in [-0.3, -0.25) is 9.69 Å². The van der Waals surface area contributed by atoms with E-state index in [9.17, 15) is 18.8 Å². The maximum absolute atomic E-state index is 14.6. The molecule has 0 spiro atoms. The zero-order valence-electron chi connectivity index (χ0n) is 14.6. The summed E-state index contributed by atoms with van der Waals surface area (Å²) >= 11 is 0. The van der Waals surface area contributed by atoms with Gasteiger partial charge in [-0.15, -0.1) is 0 Å². The number of rotatable bonds is 5. The molecule has 1 saturated heterocycles. The van der Waals surface area contributed by atoms with Gasteiger partial charge in [0.1, 0.15) is 11.9 Å². The predicted octanol–water partition coefficient (Wildman–Crippen LogP) is 1.81. The summed E-state index contributed by atoms with van der Waals surface area (Å²) in [5.41, 5.74) is 1.18. The van der Waals surface area contributed by atoms with Gasteiger partial charge in [0, 0.05) is 6.54 Å². The van der Waals surface area contributed by atoms with E-state index in [1.165, 1.54) is 23.0 Å². The van der Waals surface area contributed by atoms with Crippen LogP contribution in [0.5, 0.6) is 0 Å². The average molecular weight is 365 g/mol. The number of benzene rings is 1. The molecule has 2 aliphatic rings. The number of hydrogen-bond donors (Lipinski definition) is 1. The van der Waals surface area contributed by atoms with Gasteiger partial charge < -0.3 is 19.7 Å². The fraction of sp³-hybridized carbons (Fsp3) is 0.471. The van der Waals surface area contributed by atoms with Crippen molar-refractivity contribution in [3.63, 3.8) is 0 Å². The first-order chi connectivity index (χ1) is 12.4. The molecular formula is C17H20FN3O5. The fourth-order valence-electron chi connectivity index (χ4n) is 3.18. The highest BCUT2D eigenvalue weighted by Crippen LogP contribution is 2.36. The van der Waals surface area contributed by atoms with Crippen LogP contribution in [0.25, 0.3) is 0 Å². The minimum Gasteiger partial charge on any atom is -0.453 e. The Morgan fingerprint density at radius 2 is 2.19 bits per heavy atom. The summed E-state index contributed by atoms with van der Waals surface area (Å²) in [7, 11) is 1.23. The highest BCUT2D eigenvalue weighted by molar-refractivity contribution is 6.02. The molecule has 3 rings (SSSR count). The number of amides is 3. The van der Waals surface area contributed by atoms with Crippen molar-refractivity contribution in [2.45, 2.75) is 25.9 Å². The quantitative estimate of drug-likeness (QED) is 0.860. The Balaban J connectivity index is 1.78. The van der Waals surface area contributed by atoms with E-state index < -0.39 is 24.1 Å². The van der Waals surface area contributed by atoms with Crippen LogP contribution in [0.3, 0.4) is 0 Å². The minimum atomic E-state index is -0.629. The summed E-state index contributed by atoms with van der Waals surface area (Å²) in [6.45, 7) is 2.62. The number of anilines is 2. The minimum absolute atomic E-state index is 0.0884. The summed E-state index contributed by atoms with van der Waals surface area (Å²) in [6.07, 6.45) is -1.000. The summed E-state index contributed by atoms with van der Waals surface area (Å²) in [6, 6.07) is 2.88. The third-order valence-corrected chi connectivity index (χ3v) is 4.33. The second-order valence-corrected chi connectivity index (χ2v) is 6.15. The van der Waals surface area contributed by atoms with Crippen molar-refractivity contribution in [3.05, 3.63) is 23.5 Å². The topological polar surface area (TPSA) is 88.2 Å². The van der Waals surface area contributed by atoms with Gasteiger partial charge in [0.25, 0.3) is 0 Å². The van der Waals surface area contributed by atoms with E-state index in [1.807, 2.05) is 6.92 Å². The van der Waals surface area contributed by atoms with Crippen LogP contribution in [0.1, 0.15) is 18.9 Å². The molecule has 1 aromatic carbocycles. The molecule has 8 nitrogen and oxygen atoms in total. The molecule has 0 saturated carbocycles. The van der Waals surface area contributed by atoms with Crippen molar-refractivity contribution >= 4 is 29.5 Å². The van der Waals surface area contributed by atoms with Crippen LogP contribution in [-0.2, 0) is 20.7 Å². The van der Waals surface area contributed by atoms with Crippen molar-refractivity contribution in [3.8, 4) is 0 Å². The normalized spacial score (nSPS) is 18.8. The Labute approximate surface area is 149 Å².